The topological polar surface area (TPSA) is 63.4 Å². The average molecular weight is 337 g/mol. The predicted molar refractivity (Wildman–Crippen MR) is 87.4 cm³/mol. The largest absolute Gasteiger partial charge is 0.386 e. The first kappa shape index (κ1) is 16.4. The maximum Gasteiger partial charge on any atom is 0.0986 e. The van der Waals surface area contributed by atoms with E-state index in [4.69, 9.17) is 16.3 Å². The van der Waals surface area contributed by atoms with Gasteiger partial charge in [-0.1, -0.05) is 28.9 Å². The molecule has 124 valence electrons. The highest BCUT2D eigenvalue weighted by atomic mass is 35.5. The summed E-state index contributed by atoms with van der Waals surface area (Å²) in [5, 5.41) is 19.2. The Morgan fingerprint density at radius 1 is 1.22 bits per heavy atom. The lowest BCUT2D eigenvalue weighted by Crippen LogP contribution is -2.37. The first-order valence-corrected chi connectivity index (χ1v) is 8.21. The number of halogens is 1. The highest BCUT2D eigenvalue weighted by Crippen LogP contribution is 2.17. The van der Waals surface area contributed by atoms with E-state index in [2.05, 4.69) is 15.2 Å². The zero-order valence-corrected chi connectivity index (χ0v) is 13.7. The van der Waals surface area contributed by atoms with Crippen molar-refractivity contribution in [2.75, 3.05) is 32.8 Å². The number of aromatic nitrogens is 3. The molecule has 7 heteroatoms. The van der Waals surface area contributed by atoms with Gasteiger partial charge in [-0.3, -0.25) is 4.90 Å². The first-order chi connectivity index (χ1) is 11.2. The molecule has 1 aliphatic heterocycles. The van der Waals surface area contributed by atoms with Gasteiger partial charge in [0.25, 0.3) is 0 Å². The number of aliphatic hydroxyl groups is 1. The number of hydrogen-bond acceptors (Lipinski definition) is 5. The molecule has 0 bridgehead atoms. The zero-order chi connectivity index (χ0) is 16.1. The van der Waals surface area contributed by atoms with E-state index in [1.165, 1.54) is 0 Å². The average Bonchev–Trinajstić information content (AvgIpc) is 3.02. The van der Waals surface area contributed by atoms with Crippen LogP contribution in [0.25, 0.3) is 0 Å². The predicted octanol–water partition coefficient (Wildman–Crippen LogP) is 1.54. The molecule has 1 fully saturated rings. The Kier molecular flexibility index (Phi) is 5.61. The van der Waals surface area contributed by atoms with Crippen LogP contribution in [0.2, 0.25) is 5.02 Å². The van der Waals surface area contributed by atoms with Crippen molar-refractivity contribution in [1.29, 1.82) is 0 Å². The monoisotopic (exact) mass is 336 g/mol. The molecule has 23 heavy (non-hydrogen) atoms. The fraction of sp³-hybridized carbons (Fsp3) is 0.500. The first-order valence-electron chi connectivity index (χ1n) is 7.83. The molecule has 6 nitrogen and oxygen atoms in total. The van der Waals surface area contributed by atoms with Crippen molar-refractivity contribution in [3.8, 4) is 0 Å². The third-order valence-corrected chi connectivity index (χ3v) is 4.24. The summed E-state index contributed by atoms with van der Waals surface area (Å²) < 4.78 is 7.03. The van der Waals surface area contributed by atoms with Crippen LogP contribution in [0.5, 0.6) is 0 Å². The van der Waals surface area contributed by atoms with Crippen LogP contribution in [0.3, 0.4) is 0 Å². The second-order valence-corrected chi connectivity index (χ2v) is 6.14. The molecule has 0 radical (unpaired) electrons. The molecule has 0 aliphatic carbocycles. The minimum atomic E-state index is -0.624. The van der Waals surface area contributed by atoms with Crippen molar-refractivity contribution in [2.24, 2.45) is 0 Å². The Bertz CT molecular complexity index is 611. The van der Waals surface area contributed by atoms with Gasteiger partial charge >= 0.3 is 0 Å². The minimum absolute atomic E-state index is 0.381. The van der Waals surface area contributed by atoms with Crippen molar-refractivity contribution >= 4 is 11.6 Å². The molecule has 0 spiro atoms. The third kappa shape index (κ3) is 4.75. The van der Waals surface area contributed by atoms with Gasteiger partial charge in [0, 0.05) is 37.3 Å². The van der Waals surface area contributed by atoms with Crippen LogP contribution in [0.4, 0.5) is 0 Å². The quantitative estimate of drug-likeness (QED) is 0.867. The van der Waals surface area contributed by atoms with E-state index in [0.717, 1.165) is 50.5 Å². The maximum absolute atomic E-state index is 10.3. The zero-order valence-electron chi connectivity index (χ0n) is 12.9. The molecule has 1 atom stereocenters. The molecule has 1 aromatic heterocycles. The molecule has 3 rings (SSSR count). The summed E-state index contributed by atoms with van der Waals surface area (Å²) in [6.07, 6.45) is 2.14. The second kappa shape index (κ2) is 7.88. The van der Waals surface area contributed by atoms with Gasteiger partial charge in [-0.25, -0.2) is 4.68 Å². The summed E-state index contributed by atoms with van der Waals surface area (Å²) in [5.41, 5.74) is 1.76. The molecule has 1 saturated heterocycles. The van der Waals surface area contributed by atoms with Crippen molar-refractivity contribution in [3.63, 3.8) is 0 Å². The Morgan fingerprint density at radius 3 is 2.70 bits per heavy atom. The van der Waals surface area contributed by atoms with Gasteiger partial charge < -0.3 is 9.84 Å². The molecule has 2 aromatic rings. The Morgan fingerprint density at radius 2 is 1.96 bits per heavy atom. The fourth-order valence-electron chi connectivity index (χ4n) is 2.61. The molecule has 2 heterocycles. The van der Waals surface area contributed by atoms with Gasteiger partial charge in [-0.2, -0.15) is 0 Å². The number of nitrogens with zero attached hydrogens (tertiary/aromatic N) is 4. The van der Waals surface area contributed by atoms with E-state index < -0.39 is 6.10 Å². The molecule has 1 N–H and O–H groups in total. The molecular formula is C16H21ClN4O2. The van der Waals surface area contributed by atoms with Gasteiger partial charge in [0.2, 0.25) is 0 Å². The smallest absolute Gasteiger partial charge is 0.0986 e. The van der Waals surface area contributed by atoms with E-state index in [1.807, 2.05) is 18.3 Å². The molecule has 0 amide bonds. The van der Waals surface area contributed by atoms with Crippen LogP contribution in [-0.4, -0.2) is 57.8 Å². The molecular weight excluding hydrogens is 316 g/mol. The lowest BCUT2D eigenvalue weighted by atomic mass is 10.1. The highest BCUT2D eigenvalue weighted by Gasteiger charge is 2.13. The van der Waals surface area contributed by atoms with Crippen molar-refractivity contribution < 1.29 is 9.84 Å². The third-order valence-electron chi connectivity index (χ3n) is 3.99. The van der Waals surface area contributed by atoms with Crippen LogP contribution in [0.1, 0.15) is 17.4 Å². The Hall–Kier alpha value is -1.47. The number of ether oxygens (including phenoxy) is 1. The summed E-state index contributed by atoms with van der Waals surface area (Å²) in [5.74, 6) is 0. The Labute approximate surface area is 140 Å². The number of morpholine rings is 1. The molecule has 1 aliphatic rings. The second-order valence-electron chi connectivity index (χ2n) is 5.70. The van der Waals surface area contributed by atoms with E-state index >= 15 is 0 Å². The lowest BCUT2D eigenvalue weighted by Gasteiger charge is -2.25. The van der Waals surface area contributed by atoms with Gasteiger partial charge in [0.15, 0.2) is 0 Å². The fourth-order valence-corrected chi connectivity index (χ4v) is 2.73. The lowest BCUT2D eigenvalue weighted by molar-refractivity contribution is 0.0383. The maximum atomic E-state index is 10.3. The summed E-state index contributed by atoms with van der Waals surface area (Å²) in [7, 11) is 0. The number of aliphatic hydroxyl groups excluding tert-OH is 1. The van der Waals surface area contributed by atoms with Crippen molar-refractivity contribution in [3.05, 3.63) is 46.7 Å². The van der Waals surface area contributed by atoms with Gasteiger partial charge in [-0.05, 0) is 17.7 Å². The van der Waals surface area contributed by atoms with Crippen LogP contribution in [0, 0.1) is 0 Å². The summed E-state index contributed by atoms with van der Waals surface area (Å²) >= 11 is 5.86. The standard InChI is InChI=1S/C16H21ClN4O2/c17-14-3-1-13(2-4-14)16(22)12-21-11-15(18-19-21)5-6-20-7-9-23-10-8-20/h1-4,11,16,22H,5-10,12H2/t16-/m1/s1. The molecule has 0 unspecified atom stereocenters. The van der Waals surface area contributed by atoms with E-state index in [0.29, 0.717) is 11.6 Å². The Balaban J connectivity index is 1.51. The number of hydrogen-bond donors (Lipinski definition) is 1. The van der Waals surface area contributed by atoms with Crippen molar-refractivity contribution in [1.82, 2.24) is 19.9 Å². The minimum Gasteiger partial charge on any atom is -0.386 e. The van der Waals surface area contributed by atoms with Gasteiger partial charge in [-0.15, -0.1) is 5.10 Å². The number of rotatable bonds is 6. The summed E-state index contributed by atoms with van der Waals surface area (Å²) in [6, 6.07) is 7.19. The van der Waals surface area contributed by atoms with Gasteiger partial charge in [0.1, 0.15) is 0 Å². The summed E-state index contributed by atoms with van der Waals surface area (Å²) in [6.45, 7) is 4.90. The summed E-state index contributed by atoms with van der Waals surface area (Å²) in [4.78, 5) is 2.37. The highest BCUT2D eigenvalue weighted by molar-refractivity contribution is 6.30. The van der Waals surface area contributed by atoms with Crippen LogP contribution < -0.4 is 0 Å². The van der Waals surface area contributed by atoms with E-state index in [1.54, 1.807) is 16.8 Å². The normalized spacial score (nSPS) is 17.3. The van der Waals surface area contributed by atoms with Crippen LogP contribution in [0.15, 0.2) is 30.5 Å². The van der Waals surface area contributed by atoms with Gasteiger partial charge in [0.05, 0.1) is 31.6 Å². The molecule has 0 saturated carbocycles. The van der Waals surface area contributed by atoms with Crippen LogP contribution in [-0.2, 0) is 17.7 Å². The SMILES string of the molecule is O[C@H](Cn1cc(CCN2CCOCC2)nn1)c1ccc(Cl)cc1. The van der Waals surface area contributed by atoms with E-state index in [-0.39, 0.29) is 0 Å². The number of benzene rings is 1. The van der Waals surface area contributed by atoms with Crippen molar-refractivity contribution in [2.45, 2.75) is 19.1 Å². The van der Waals surface area contributed by atoms with E-state index in [9.17, 15) is 5.11 Å². The van der Waals surface area contributed by atoms with Crippen LogP contribution >= 0.6 is 11.6 Å². The molecule has 1 aromatic carbocycles.